The van der Waals surface area contributed by atoms with Gasteiger partial charge in [0, 0.05) is 22.8 Å². The maximum atomic E-state index is 11.1. The van der Waals surface area contributed by atoms with E-state index in [2.05, 4.69) is 0 Å². The molecule has 1 aliphatic rings. The van der Waals surface area contributed by atoms with Gasteiger partial charge in [-0.05, 0) is 18.6 Å². The van der Waals surface area contributed by atoms with Gasteiger partial charge in [-0.25, -0.2) is 4.79 Å². The summed E-state index contributed by atoms with van der Waals surface area (Å²) in [4.78, 5) is 21.5. The number of rotatable bonds is 5. The van der Waals surface area contributed by atoms with E-state index < -0.39 is 28.2 Å². The molecule has 22 heavy (non-hydrogen) atoms. The first-order valence-electron chi connectivity index (χ1n) is 6.19. The highest BCUT2D eigenvalue weighted by atomic mass is 35.5. The molecule has 1 aromatic rings. The molecule has 1 amide bonds. The van der Waals surface area contributed by atoms with Crippen molar-refractivity contribution in [2.75, 3.05) is 5.75 Å². The van der Waals surface area contributed by atoms with E-state index in [0.717, 1.165) is 17.8 Å². The minimum Gasteiger partial charge on any atom is -0.441 e. The molecule has 2 unspecified atom stereocenters. The zero-order chi connectivity index (χ0) is 16.5. The van der Waals surface area contributed by atoms with Crippen molar-refractivity contribution in [1.82, 2.24) is 0 Å². The van der Waals surface area contributed by atoms with Gasteiger partial charge in [0.2, 0.25) is 5.12 Å². The average molecular weight is 349 g/mol. The lowest BCUT2D eigenvalue weighted by molar-refractivity contribution is -0.386. The van der Waals surface area contributed by atoms with Crippen LogP contribution >= 0.6 is 23.4 Å². The molecule has 1 saturated heterocycles. The molecule has 0 bridgehead atoms. The van der Waals surface area contributed by atoms with Crippen molar-refractivity contribution in [3.8, 4) is 0 Å². The number of aliphatic hydroxyl groups is 2. The van der Waals surface area contributed by atoms with Gasteiger partial charge in [0.15, 0.2) is 0 Å². The van der Waals surface area contributed by atoms with Crippen LogP contribution in [0.5, 0.6) is 0 Å². The van der Waals surface area contributed by atoms with Crippen LogP contribution in [0.2, 0.25) is 5.02 Å². The molecule has 10 heteroatoms. The first-order valence-corrected chi connectivity index (χ1v) is 7.55. The zero-order valence-electron chi connectivity index (χ0n) is 11.1. The lowest BCUT2D eigenvalue weighted by Gasteiger charge is -2.41. The van der Waals surface area contributed by atoms with Crippen LogP contribution in [-0.2, 0) is 4.74 Å². The Bertz CT molecular complexity index is 611. The predicted molar refractivity (Wildman–Crippen MR) is 79.2 cm³/mol. The van der Waals surface area contributed by atoms with Crippen LogP contribution in [0.25, 0.3) is 0 Å². The SMILES string of the molecule is NC(=O)OC(CC1CSC1(O)O)c1ccc(Cl)cc1[N+](=O)[O-]. The van der Waals surface area contributed by atoms with Gasteiger partial charge >= 0.3 is 6.09 Å². The number of nitro benzene ring substituents is 1. The van der Waals surface area contributed by atoms with Gasteiger partial charge in [-0.3, -0.25) is 10.1 Å². The molecule has 1 aliphatic heterocycles. The molecular formula is C12H13ClN2O6S. The summed E-state index contributed by atoms with van der Waals surface area (Å²) in [5.74, 6) is -0.176. The summed E-state index contributed by atoms with van der Waals surface area (Å²) < 4.78 is 4.93. The van der Waals surface area contributed by atoms with Crippen LogP contribution in [0.4, 0.5) is 10.5 Å². The number of benzene rings is 1. The maximum Gasteiger partial charge on any atom is 0.405 e. The summed E-state index contributed by atoms with van der Waals surface area (Å²) in [5, 5.41) is 28.6. The van der Waals surface area contributed by atoms with Gasteiger partial charge < -0.3 is 20.7 Å². The van der Waals surface area contributed by atoms with E-state index in [9.17, 15) is 25.1 Å². The molecule has 1 heterocycles. The average Bonchev–Trinajstić information content (AvgIpc) is 2.41. The number of thioether (sulfide) groups is 1. The fourth-order valence-electron chi connectivity index (χ4n) is 2.16. The third-order valence-electron chi connectivity index (χ3n) is 3.32. The first-order chi connectivity index (χ1) is 10.2. The number of primary amides is 1. The monoisotopic (exact) mass is 348 g/mol. The van der Waals surface area contributed by atoms with Gasteiger partial charge in [0.05, 0.1) is 10.5 Å². The van der Waals surface area contributed by atoms with Crippen molar-refractivity contribution in [2.45, 2.75) is 17.6 Å². The number of halogens is 1. The Balaban J connectivity index is 2.33. The topological polar surface area (TPSA) is 136 Å². The highest BCUT2D eigenvalue weighted by molar-refractivity contribution is 8.01. The van der Waals surface area contributed by atoms with Crippen LogP contribution < -0.4 is 5.73 Å². The van der Waals surface area contributed by atoms with Crippen LogP contribution in [0.15, 0.2) is 18.2 Å². The summed E-state index contributed by atoms with van der Waals surface area (Å²) in [7, 11) is 0. The fourth-order valence-corrected chi connectivity index (χ4v) is 3.26. The number of nitrogens with two attached hydrogens (primary N) is 1. The van der Waals surface area contributed by atoms with Gasteiger partial charge in [-0.1, -0.05) is 23.4 Å². The number of carbonyl (C=O) groups is 1. The van der Waals surface area contributed by atoms with Crippen molar-refractivity contribution in [1.29, 1.82) is 0 Å². The molecule has 1 aromatic carbocycles. The summed E-state index contributed by atoms with van der Waals surface area (Å²) >= 11 is 6.66. The summed E-state index contributed by atoms with van der Waals surface area (Å²) in [6, 6.07) is 3.91. The van der Waals surface area contributed by atoms with E-state index >= 15 is 0 Å². The molecule has 0 spiro atoms. The summed E-state index contributed by atoms with van der Waals surface area (Å²) in [5.41, 5.74) is 4.77. The molecule has 0 aliphatic carbocycles. The fraction of sp³-hybridized carbons (Fsp3) is 0.417. The molecule has 0 aromatic heterocycles. The van der Waals surface area contributed by atoms with Gasteiger partial charge in [0.25, 0.3) is 5.69 Å². The zero-order valence-corrected chi connectivity index (χ0v) is 12.7. The molecule has 4 N–H and O–H groups in total. The Morgan fingerprint density at radius 3 is 2.77 bits per heavy atom. The predicted octanol–water partition coefficient (Wildman–Crippen LogP) is 1.78. The molecular weight excluding hydrogens is 336 g/mol. The Kier molecular flexibility index (Phi) is 4.81. The quantitative estimate of drug-likeness (QED) is 0.419. The number of hydrogen-bond acceptors (Lipinski definition) is 7. The molecule has 8 nitrogen and oxygen atoms in total. The van der Waals surface area contributed by atoms with Gasteiger partial charge in [0.1, 0.15) is 6.10 Å². The van der Waals surface area contributed by atoms with Crippen molar-refractivity contribution in [2.24, 2.45) is 11.7 Å². The minimum atomic E-state index is -1.94. The Morgan fingerprint density at radius 1 is 1.64 bits per heavy atom. The van der Waals surface area contributed by atoms with E-state index in [0.29, 0.717) is 5.75 Å². The first kappa shape index (κ1) is 16.8. The van der Waals surface area contributed by atoms with E-state index in [1.165, 1.54) is 12.1 Å². The van der Waals surface area contributed by atoms with Crippen LogP contribution in [0.1, 0.15) is 18.1 Å². The smallest absolute Gasteiger partial charge is 0.405 e. The normalized spacial score (nSPS) is 20.8. The lowest BCUT2D eigenvalue weighted by Crippen LogP contribution is -2.46. The van der Waals surface area contributed by atoms with E-state index in [1.54, 1.807) is 0 Å². The molecule has 1 fully saturated rings. The van der Waals surface area contributed by atoms with E-state index in [1.807, 2.05) is 0 Å². The number of amides is 1. The molecule has 0 saturated carbocycles. The van der Waals surface area contributed by atoms with Crippen molar-refractivity contribution >= 4 is 35.1 Å². The number of nitro groups is 1. The van der Waals surface area contributed by atoms with Crippen LogP contribution in [0.3, 0.4) is 0 Å². The highest BCUT2D eigenvalue weighted by Crippen LogP contribution is 2.47. The summed E-state index contributed by atoms with van der Waals surface area (Å²) in [6.45, 7) is 0. The van der Waals surface area contributed by atoms with Crippen molar-refractivity contribution in [3.63, 3.8) is 0 Å². The molecule has 2 atom stereocenters. The Morgan fingerprint density at radius 2 is 2.32 bits per heavy atom. The van der Waals surface area contributed by atoms with Crippen molar-refractivity contribution < 1.29 is 24.7 Å². The second-order valence-corrected chi connectivity index (χ2v) is 6.45. The Labute approximate surface area is 134 Å². The number of carbonyl (C=O) groups excluding carboxylic acids is 1. The number of hydrogen-bond donors (Lipinski definition) is 3. The van der Waals surface area contributed by atoms with Gasteiger partial charge in [-0.2, -0.15) is 0 Å². The van der Waals surface area contributed by atoms with E-state index in [-0.39, 0.29) is 22.7 Å². The second kappa shape index (κ2) is 6.29. The van der Waals surface area contributed by atoms with Crippen LogP contribution in [0, 0.1) is 16.0 Å². The third-order valence-corrected chi connectivity index (χ3v) is 4.88. The number of ether oxygens (including phenoxy) is 1. The van der Waals surface area contributed by atoms with Crippen molar-refractivity contribution in [3.05, 3.63) is 38.9 Å². The Hall–Kier alpha value is -1.55. The standard InChI is InChI=1S/C12H13ClN2O6S/c13-7-1-2-8(9(4-7)15(19)20)10(21-11(14)16)3-6-5-22-12(6,17)18/h1-2,4,6,10,17-18H,3,5H2,(H2,14,16). The molecule has 120 valence electrons. The van der Waals surface area contributed by atoms with Gasteiger partial charge in [-0.15, -0.1) is 0 Å². The molecule has 0 radical (unpaired) electrons. The van der Waals surface area contributed by atoms with Crippen LogP contribution in [-0.4, -0.2) is 32.1 Å². The van der Waals surface area contributed by atoms with E-state index in [4.69, 9.17) is 22.1 Å². The maximum absolute atomic E-state index is 11.1. The number of nitrogens with zero attached hydrogens (tertiary/aromatic N) is 1. The lowest BCUT2D eigenvalue weighted by atomic mass is 9.95. The largest absolute Gasteiger partial charge is 0.441 e. The third kappa shape index (κ3) is 3.61. The molecule has 2 rings (SSSR count). The second-order valence-electron chi connectivity index (χ2n) is 4.79. The highest BCUT2D eigenvalue weighted by Gasteiger charge is 2.47. The summed E-state index contributed by atoms with van der Waals surface area (Å²) in [6.07, 6.45) is -2.19. The minimum absolute atomic E-state index is 0.00852.